The maximum absolute atomic E-state index is 14.8. The van der Waals surface area contributed by atoms with Crippen molar-refractivity contribution < 1.29 is 58.5 Å². The Balaban J connectivity index is 1.58. The molecule has 80 heavy (non-hydrogen) atoms. The van der Waals surface area contributed by atoms with Gasteiger partial charge in [0, 0.05) is 41.4 Å². The largest absolute Gasteiger partial charge is 0.508 e. The number of hydrogen-bond donors (Lipinski definition) is 14. The van der Waals surface area contributed by atoms with Crippen molar-refractivity contribution in [1.29, 1.82) is 0 Å². The van der Waals surface area contributed by atoms with E-state index in [1.54, 1.807) is 31.3 Å². The Labute approximate surface area is 475 Å². The minimum atomic E-state index is -1.75. The monoisotopic (exact) mass is 1160 g/mol. The summed E-state index contributed by atoms with van der Waals surface area (Å²) in [5, 5.41) is 52.9. The Kier molecular flexibility index (Phi) is 24.9. The third-order valence-electron chi connectivity index (χ3n) is 12.7. The van der Waals surface area contributed by atoms with Gasteiger partial charge in [0.25, 0.3) is 0 Å². The van der Waals surface area contributed by atoms with Crippen LogP contribution in [0, 0.1) is 0 Å². The highest BCUT2D eigenvalue weighted by atomic mass is 35.5. The van der Waals surface area contributed by atoms with E-state index in [4.69, 9.17) is 28.8 Å². The van der Waals surface area contributed by atoms with Crippen molar-refractivity contribution >= 4 is 86.4 Å². The number of rotatable bonds is 20. The maximum Gasteiger partial charge on any atom is 0.248 e. The number of unbranched alkanes of at least 4 members (excludes halogenated alkanes) is 1. The lowest BCUT2D eigenvalue weighted by atomic mass is 10.00. The second-order valence-corrected chi connectivity index (χ2v) is 22.1. The van der Waals surface area contributed by atoms with Crippen molar-refractivity contribution in [1.82, 2.24) is 42.5 Å². The summed E-state index contributed by atoms with van der Waals surface area (Å²) in [6.45, 7) is 1.75. The number of aromatic hydroxyl groups is 2. The zero-order valence-electron chi connectivity index (χ0n) is 43.9. The molecule has 1 saturated heterocycles. The number of aliphatic hydroxyl groups is 1. The minimum Gasteiger partial charge on any atom is -0.508 e. The Morgan fingerprint density at radius 1 is 0.650 bits per heavy atom. The van der Waals surface area contributed by atoms with Gasteiger partial charge in [-0.2, -0.15) is 0 Å². The molecule has 1 heterocycles. The second-order valence-electron chi connectivity index (χ2n) is 19.1. The molecule has 0 saturated carbocycles. The second kappa shape index (κ2) is 31.4. The fraction of sp³-hybridized carbons (Fsp3) is 0.389. The molecule has 4 aromatic carbocycles. The molecule has 5 rings (SSSR count). The van der Waals surface area contributed by atoms with Gasteiger partial charge in [-0.15, -0.1) is 0 Å². The summed E-state index contributed by atoms with van der Waals surface area (Å²) in [4.78, 5) is 126. The zero-order valence-corrected chi connectivity index (χ0v) is 46.3. The molecule has 17 N–H and O–H groups in total. The molecule has 9 amide bonds. The summed E-state index contributed by atoms with van der Waals surface area (Å²) in [6.07, 6.45) is -1.28. The van der Waals surface area contributed by atoms with E-state index in [2.05, 4.69) is 42.5 Å². The lowest BCUT2D eigenvalue weighted by Crippen LogP contribution is -2.62. The highest BCUT2D eigenvalue weighted by Crippen LogP contribution is 2.24. The van der Waals surface area contributed by atoms with Gasteiger partial charge in [0.15, 0.2) is 0 Å². The van der Waals surface area contributed by atoms with Crippen LogP contribution in [0.3, 0.4) is 0 Å². The Bertz CT molecular complexity index is 2780. The first kappa shape index (κ1) is 63.4. The predicted molar refractivity (Wildman–Crippen MR) is 303 cm³/mol. The maximum atomic E-state index is 14.8. The molecule has 0 unspecified atom stereocenters. The van der Waals surface area contributed by atoms with Crippen LogP contribution in [0.25, 0.3) is 0 Å². The van der Waals surface area contributed by atoms with E-state index in [0.29, 0.717) is 46.7 Å². The van der Waals surface area contributed by atoms with Crippen LogP contribution in [-0.4, -0.2) is 148 Å². The number of aliphatic hydroxyl groups excluding tert-OH is 1. The molecular formula is C54H68ClN11O12S2. The third-order valence-corrected chi connectivity index (χ3v) is 15.4. The molecule has 1 fully saturated rings. The standard InChI is InChI=1S/C54H68ClN11O12S2/c1-29(67)45-54(78)65-44(52(76)61-40(47(58)71)24-32-10-18-36(68)19-11-32)28-80-79-27-43(64-48(72)38(56)23-30-8-16-35(55)17-9-30)53(77)63-42(26-33-12-20-37(69)21-13-33)51(75)62-41(25-31-6-14-34(15-7-31)46(57)70)50(74)60-39(49(73)66-45)5-3-4-22-59-2/h6-21,29,38-45,59,67-69H,3-5,22-28,56H2,1-2H3,(H2,57,70)(H2,58,71)(H,60,74)(H,61,76)(H,62,75)(H,63,77)(H,64,72)(H,65,78)(H,66,73)/t29-,38+,39+,40-,41-,42+,43-,44+,45+/m1/s1. The van der Waals surface area contributed by atoms with Gasteiger partial charge >= 0.3 is 0 Å². The van der Waals surface area contributed by atoms with Crippen molar-refractivity contribution in [3.8, 4) is 11.5 Å². The Morgan fingerprint density at radius 3 is 1.70 bits per heavy atom. The number of carbonyl (C=O) groups excluding carboxylic acids is 9. The summed E-state index contributed by atoms with van der Waals surface area (Å²) < 4.78 is 0. The van der Waals surface area contributed by atoms with Crippen LogP contribution in [0.5, 0.6) is 11.5 Å². The van der Waals surface area contributed by atoms with E-state index in [-0.39, 0.29) is 60.7 Å². The van der Waals surface area contributed by atoms with Crippen LogP contribution in [0.15, 0.2) is 97.1 Å². The van der Waals surface area contributed by atoms with Crippen LogP contribution in [0.4, 0.5) is 0 Å². The number of phenols is 2. The molecule has 0 radical (unpaired) electrons. The molecule has 430 valence electrons. The summed E-state index contributed by atoms with van der Waals surface area (Å²) in [5.74, 6) is -8.68. The van der Waals surface area contributed by atoms with Crippen molar-refractivity contribution in [2.75, 3.05) is 25.1 Å². The number of nitrogens with two attached hydrogens (primary N) is 3. The van der Waals surface area contributed by atoms with E-state index >= 15 is 0 Å². The van der Waals surface area contributed by atoms with Crippen molar-refractivity contribution in [2.45, 2.75) is 106 Å². The first-order valence-corrected chi connectivity index (χ1v) is 28.4. The Hall–Kier alpha value is -7.42. The summed E-state index contributed by atoms with van der Waals surface area (Å²) >= 11 is 6.07. The van der Waals surface area contributed by atoms with Crippen LogP contribution in [0.2, 0.25) is 5.02 Å². The molecule has 4 aromatic rings. The van der Waals surface area contributed by atoms with E-state index < -0.39 is 108 Å². The number of nitrogens with one attached hydrogen (secondary N) is 8. The zero-order chi connectivity index (χ0) is 58.5. The fourth-order valence-corrected chi connectivity index (χ4v) is 10.6. The molecule has 26 heteroatoms. The van der Waals surface area contributed by atoms with Crippen LogP contribution >= 0.6 is 33.2 Å². The molecular weight excluding hydrogens is 1090 g/mol. The average Bonchev–Trinajstić information content (AvgIpc) is 3.42. The van der Waals surface area contributed by atoms with Crippen LogP contribution in [0.1, 0.15) is 58.8 Å². The number of amides is 9. The van der Waals surface area contributed by atoms with Crippen LogP contribution < -0.4 is 59.7 Å². The normalized spacial score (nSPS) is 20.9. The smallest absolute Gasteiger partial charge is 0.248 e. The first-order chi connectivity index (χ1) is 38.1. The van der Waals surface area contributed by atoms with Crippen molar-refractivity contribution in [3.05, 3.63) is 130 Å². The van der Waals surface area contributed by atoms with E-state index in [0.717, 1.165) is 21.6 Å². The van der Waals surface area contributed by atoms with Gasteiger partial charge in [-0.3, -0.25) is 43.2 Å². The van der Waals surface area contributed by atoms with Gasteiger partial charge in [0.1, 0.15) is 53.8 Å². The number of hydrogen-bond acceptors (Lipinski definition) is 16. The van der Waals surface area contributed by atoms with E-state index in [9.17, 15) is 58.5 Å². The average molecular weight is 1160 g/mol. The Morgan fingerprint density at radius 2 is 1.15 bits per heavy atom. The van der Waals surface area contributed by atoms with Gasteiger partial charge < -0.3 is 75.1 Å². The van der Waals surface area contributed by atoms with E-state index in [1.807, 2.05) is 0 Å². The molecule has 23 nitrogen and oxygen atoms in total. The number of halogens is 1. The van der Waals surface area contributed by atoms with Gasteiger partial charge in [-0.1, -0.05) is 81.7 Å². The number of carbonyl (C=O) groups is 9. The highest BCUT2D eigenvalue weighted by Gasteiger charge is 2.36. The van der Waals surface area contributed by atoms with Gasteiger partial charge in [-0.05, 0) is 117 Å². The summed E-state index contributed by atoms with van der Waals surface area (Å²) in [5.41, 5.74) is 19.8. The van der Waals surface area contributed by atoms with Gasteiger partial charge in [0.2, 0.25) is 53.2 Å². The predicted octanol–water partition coefficient (Wildman–Crippen LogP) is -0.508. The lowest BCUT2D eigenvalue weighted by Gasteiger charge is -2.29. The highest BCUT2D eigenvalue weighted by molar-refractivity contribution is 8.76. The molecule has 0 spiro atoms. The molecule has 1 aliphatic heterocycles. The number of benzene rings is 4. The lowest BCUT2D eigenvalue weighted by molar-refractivity contribution is -0.136. The summed E-state index contributed by atoms with van der Waals surface area (Å²) in [6, 6.07) is 12.4. The quantitative estimate of drug-likeness (QED) is 0.0392. The third kappa shape index (κ3) is 20.4. The van der Waals surface area contributed by atoms with Crippen molar-refractivity contribution in [2.24, 2.45) is 17.2 Å². The first-order valence-electron chi connectivity index (χ1n) is 25.5. The van der Waals surface area contributed by atoms with Crippen molar-refractivity contribution in [3.63, 3.8) is 0 Å². The minimum absolute atomic E-state index is 0.00813. The topological polar surface area (TPSA) is 389 Å². The fourth-order valence-electron chi connectivity index (χ4n) is 8.19. The van der Waals surface area contributed by atoms with Gasteiger partial charge in [0.05, 0.1) is 12.1 Å². The van der Waals surface area contributed by atoms with Crippen LogP contribution in [-0.2, 0) is 64.0 Å². The summed E-state index contributed by atoms with van der Waals surface area (Å²) in [7, 11) is 3.64. The van der Waals surface area contributed by atoms with Gasteiger partial charge in [-0.25, -0.2) is 0 Å². The SMILES string of the molecule is CNCCCC[C@@H]1NC(=O)[C@@H](Cc2ccc(C(N)=O)cc2)NC(=O)[C@H](Cc2ccc(O)cc2)NC(=O)[C@H](NC(=O)[C@@H](N)Cc2ccc(Cl)cc2)CSSC[C@@H](C(=O)N[C@H](Cc2ccc(O)cc2)C(N)=O)NC(=O)[C@H]([C@@H](C)O)NC1=O. The molecule has 0 aromatic heterocycles. The van der Waals surface area contributed by atoms with E-state index in [1.165, 1.54) is 79.7 Å². The molecule has 0 bridgehead atoms. The number of phenolic OH excluding ortho intramolecular Hbond substituents is 2. The number of primary amides is 2. The molecule has 0 aliphatic carbocycles. The molecule has 1 aliphatic rings. The molecule has 9 atom stereocenters.